The van der Waals surface area contributed by atoms with Gasteiger partial charge >= 0.3 is 0 Å². The van der Waals surface area contributed by atoms with E-state index in [9.17, 15) is 0 Å². The highest BCUT2D eigenvalue weighted by atomic mass is 15.2. The standard InChI is InChI=1S/C16H38N4/c1-15(2)20(16(3)4)14-8-13-19-11-6-5-10-18-12-7-9-17/h15-16,18-19H,5-14,17H2,1-4H3. The lowest BCUT2D eigenvalue weighted by atomic mass is 10.2. The Hall–Kier alpha value is -0.160. The van der Waals surface area contributed by atoms with Gasteiger partial charge in [-0.3, -0.25) is 4.90 Å². The Morgan fingerprint density at radius 2 is 1.20 bits per heavy atom. The van der Waals surface area contributed by atoms with Crippen molar-refractivity contribution in [2.24, 2.45) is 5.73 Å². The first-order valence-electron chi connectivity index (χ1n) is 8.46. The van der Waals surface area contributed by atoms with Crippen LogP contribution in [0.1, 0.15) is 53.4 Å². The zero-order valence-electron chi connectivity index (χ0n) is 14.3. The van der Waals surface area contributed by atoms with Crippen molar-refractivity contribution in [3.63, 3.8) is 0 Å². The minimum Gasteiger partial charge on any atom is -0.330 e. The predicted octanol–water partition coefficient (Wildman–Crippen LogP) is 1.80. The minimum absolute atomic E-state index is 0.648. The first-order chi connectivity index (χ1) is 9.59. The Kier molecular flexibility index (Phi) is 13.7. The van der Waals surface area contributed by atoms with Crippen LogP contribution in [-0.2, 0) is 0 Å². The second kappa shape index (κ2) is 13.8. The molecule has 122 valence electrons. The van der Waals surface area contributed by atoms with Gasteiger partial charge in [0.1, 0.15) is 0 Å². The molecule has 0 aromatic heterocycles. The summed E-state index contributed by atoms with van der Waals surface area (Å²) in [6.45, 7) is 15.6. The number of hydrogen-bond acceptors (Lipinski definition) is 4. The Morgan fingerprint density at radius 1 is 0.750 bits per heavy atom. The molecule has 0 atom stereocenters. The van der Waals surface area contributed by atoms with Crippen LogP contribution in [-0.4, -0.2) is 56.3 Å². The summed E-state index contributed by atoms with van der Waals surface area (Å²) in [6, 6.07) is 1.30. The molecule has 0 spiro atoms. The van der Waals surface area contributed by atoms with Gasteiger partial charge in [0.2, 0.25) is 0 Å². The van der Waals surface area contributed by atoms with E-state index in [1.165, 1.54) is 25.8 Å². The number of unbranched alkanes of at least 4 members (excludes halogenated alkanes) is 1. The monoisotopic (exact) mass is 286 g/mol. The van der Waals surface area contributed by atoms with Crippen LogP contribution >= 0.6 is 0 Å². The average Bonchev–Trinajstić information content (AvgIpc) is 2.39. The highest BCUT2D eigenvalue weighted by molar-refractivity contribution is 4.67. The number of nitrogens with one attached hydrogen (secondary N) is 2. The Labute approximate surface area is 126 Å². The first kappa shape index (κ1) is 19.8. The fourth-order valence-electron chi connectivity index (χ4n) is 2.48. The van der Waals surface area contributed by atoms with Crippen molar-refractivity contribution >= 4 is 0 Å². The van der Waals surface area contributed by atoms with E-state index in [0.717, 1.165) is 39.1 Å². The van der Waals surface area contributed by atoms with Crippen molar-refractivity contribution in [3.8, 4) is 0 Å². The molecule has 0 aromatic rings. The van der Waals surface area contributed by atoms with E-state index < -0.39 is 0 Å². The van der Waals surface area contributed by atoms with E-state index in [2.05, 4.69) is 43.2 Å². The summed E-state index contributed by atoms with van der Waals surface area (Å²) in [5.41, 5.74) is 5.44. The maximum atomic E-state index is 5.44. The van der Waals surface area contributed by atoms with Gasteiger partial charge in [-0.25, -0.2) is 0 Å². The van der Waals surface area contributed by atoms with E-state index in [0.29, 0.717) is 12.1 Å². The summed E-state index contributed by atoms with van der Waals surface area (Å²) in [6.07, 6.45) is 4.83. The molecular weight excluding hydrogens is 248 g/mol. The molecule has 0 saturated heterocycles. The molecule has 4 N–H and O–H groups in total. The summed E-state index contributed by atoms with van der Waals surface area (Å²) >= 11 is 0. The second-order valence-corrected chi connectivity index (χ2v) is 6.13. The Balaban J connectivity index is 3.27. The maximum Gasteiger partial charge on any atom is 0.00413 e. The van der Waals surface area contributed by atoms with Gasteiger partial charge < -0.3 is 16.4 Å². The summed E-state index contributed by atoms with van der Waals surface area (Å²) in [5, 5.41) is 6.96. The molecule has 0 aliphatic heterocycles. The van der Waals surface area contributed by atoms with E-state index in [4.69, 9.17) is 5.73 Å². The molecule has 0 heterocycles. The third-order valence-corrected chi connectivity index (χ3v) is 3.61. The van der Waals surface area contributed by atoms with Crippen molar-refractivity contribution in [3.05, 3.63) is 0 Å². The van der Waals surface area contributed by atoms with Gasteiger partial charge in [0.05, 0.1) is 0 Å². The third-order valence-electron chi connectivity index (χ3n) is 3.61. The van der Waals surface area contributed by atoms with Gasteiger partial charge in [0.15, 0.2) is 0 Å². The van der Waals surface area contributed by atoms with Gasteiger partial charge in [0.25, 0.3) is 0 Å². The zero-order chi connectivity index (χ0) is 15.2. The normalized spacial score (nSPS) is 12.0. The number of rotatable bonds is 14. The Morgan fingerprint density at radius 3 is 1.65 bits per heavy atom. The highest BCUT2D eigenvalue weighted by Gasteiger charge is 2.11. The molecule has 0 amide bonds. The van der Waals surface area contributed by atoms with Crippen molar-refractivity contribution in [2.45, 2.75) is 65.5 Å². The van der Waals surface area contributed by atoms with Crippen molar-refractivity contribution in [2.75, 3.05) is 39.3 Å². The molecule has 0 bridgehead atoms. The van der Waals surface area contributed by atoms with Crippen LogP contribution in [0.4, 0.5) is 0 Å². The average molecular weight is 287 g/mol. The first-order valence-corrected chi connectivity index (χ1v) is 8.46. The minimum atomic E-state index is 0.648. The molecular formula is C16H38N4. The quantitative estimate of drug-likeness (QED) is 0.426. The number of hydrogen-bond donors (Lipinski definition) is 3. The molecule has 4 heteroatoms. The van der Waals surface area contributed by atoms with Crippen molar-refractivity contribution in [1.82, 2.24) is 15.5 Å². The molecule has 20 heavy (non-hydrogen) atoms. The van der Waals surface area contributed by atoms with E-state index in [-0.39, 0.29) is 0 Å². The molecule has 0 fully saturated rings. The lowest BCUT2D eigenvalue weighted by Gasteiger charge is -2.30. The zero-order valence-corrected chi connectivity index (χ0v) is 14.3. The number of nitrogens with two attached hydrogens (primary N) is 1. The second-order valence-electron chi connectivity index (χ2n) is 6.13. The van der Waals surface area contributed by atoms with Crippen LogP contribution < -0.4 is 16.4 Å². The van der Waals surface area contributed by atoms with E-state index in [1.807, 2.05) is 0 Å². The highest BCUT2D eigenvalue weighted by Crippen LogP contribution is 2.05. The lowest BCUT2D eigenvalue weighted by molar-refractivity contribution is 0.172. The number of nitrogens with zero attached hydrogens (tertiary/aromatic N) is 1. The summed E-state index contributed by atoms with van der Waals surface area (Å²) < 4.78 is 0. The topological polar surface area (TPSA) is 53.3 Å². The largest absolute Gasteiger partial charge is 0.330 e. The molecule has 4 nitrogen and oxygen atoms in total. The summed E-state index contributed by atoms with van der Waals surface area (Å²) in [7, 11) is 0. The smallest absolute Gasteiger partial charge is 0.00413 e. The summed E-state index contributed by atoms with van der Waals surface area (Å²) in [5.74, 6) is 0. The third kappa shape index (κ3) is 11.6. The maximum absolute atomic E-state index is 5.44. The van der Waals surface area contributed by atoms with Gasteiger partial charge in [-0.15, -0.1) is 0 Å². The van der Waals surface area contributed by atoms with Gasteiger partial charge in [-0.05, 0) is 92.6 Å². The van der Waals surface area contributed by atoms with Crippen LogP contribution in [0.25, 0.3) is 0 Å². The molecule has 0 aliphatic carbocycles. The van der Waals surface area contributed by atoms with Gasteiger partial charge in [-0.2, -0.15) is 0 Å². The van der Waals surface area contributed by atoms with E-state index >= 15 is 0 Å². The predicted molar refractivity (Wildman–Crippen MR) is 90.2 cm³/mol. The Bertz CT molecular complexity index is 187. The SMILES string of the molecule is CC(C)N(CCCNCCCCNCCCN)C(C)C. The molecule has 0 aromatic carbocycles. The van der Waals surface area contributed by atoms with Crippen LogP contribution in [0, 0.1) is 0 Å². The van der Waals surface area contributed by atoms with Gasteiger partial charge in [0, 0.05) is 12.1 Å². The molecule has 0 saturated carbocycles. The summed E-state index contributed by atoms with van der Waals surface area (Å²) in [4.78, 5) is 2.56. The fraction of sp³-hybridized carbons (Fsp3) is 1.00. The molecule has 0 radical (unpaired) electrons. The van der Waals surface area contributed by atoms with Crippen LogP contribution in [0.2, 0.25) is 0 Å². The molecule has 0 rings (SSSR count). The fourth-order valence-corrected chi connectivity index (χ4v) is 2.48. The van der Waals surface area contributed by atoms with E-state index in [1.54, 1.807) is 0 Å². The molecule has 0 aliphatic rings. The van der Waals surface area contributed by atoms with Crippen LogP contribution in [0.3, 0.4) is 0 Å². The van der Waals surface area contributed by atoms with Crippen LogP contribution in [0.5, 0.6) is 0 Å². The lowest BCUT2D eigenvalue weighted by Crippen LogP contribution is -2.38. The van der Waals surface area contributed by atoms with Crippen LogP contribution in [0.15, 0.2) is 0 Å². The van der Waals surface area contributed by atoms with Crippen molar-refractivity contribution in [1.29, 1.82) is 0 Å². The van der Waals surface area contributed by atoms with Crippen molar-refractivity contribution < 1.29 is 0 Å². The molecule has 0 unspecified atom stereocenters. The van der Waals surface area contributed by atoms with Gasteiger partial charge in [-0.1, -0.05) is 0 Å².